The minimum atomic E-state index is -3.44. The third kappa shape index (κ3) is 2.30. The predicted octanol–water partition coefficient (Wildman–Crippen LogP) is 0.168. The van der Waals surface area contributed by atoms with Crippen molar-refractivity contribution in [2.45, 2.75) is 30.8 Å². The lowest BCUT2D eigenvalue weighted by Crippen LogP contribution is -2.49. The SMILES string of the molecule is CCC1CN(S(=O)(=O)c2ccnn2C)CCC1N. The molecule has 102 valence electrons. The summed E-state index contributed by atoms with van der Waals surface area (Å²) in [5, 5.41) is 4.16. The van der Waals surface area contributed by atoms with Crippen LogP contribution in [0.4, 0.5) is 0 Å². The normalized spacial score (nSPS) is 26.4. The lowest BCUT2D eigenvalue weighted by molar-refractivity contribution is 0.229. The molecule has 0 amide bonds. The van der Waals surface area contributed by atoms with Crippen molar-refractivity contribution in [1.29, 1.82) is 0 Å². The predicted molar refractivity (Wildman–Crippen MR) is 68.3 cm³/mol. The largest absolute Gasteiger partial charge is 0.327 e. The standard InChI is InChI=1S/C11H20N4O2S/c1-3-9-8-15(7-5-10(9)12)18(16,17)11-4-6-13-14(11)2/h4,6,9-10H,3,5,7-8,12H2,1-2H3. The van der Waals surface area contributed by atoms with Crippen molar-refractivity contribution >= 4 is 10.0 Å². The van der Waals surface area contributed by atoms with E-state index in [-0.39, 0.29) is 17.0 Å². The number of hydrogen-bond acceptors (Lipinski definition) is 4. The molecule has 0 saturated carbocycles. The molecule has 7 heteroatoms. The van der Waals surface area contributed by atoms with Crippen LogP contribution in [0.3, 0.4) is 0 Å². The van der Waals surface area contributed by atoms with E-state index in [1.54, 1.807) is 7.05 Å². The first-order valence-electron chi connectivity index (χ1n) is 6.20. The van der Waals surface area contributed by atoms with E-state index in [4.69, 9.17) is 5.73 Å². The van der Waals surface area contributed by atoms with Gasteiger partial charge < -0.3 is 5.73 Å². The van der Waals surface area contributed by atoms with Crippen LogP contribution >= 0.6 is 0 Å². The number of hydrogen-bond donors (Lipinski definition) is 1. The van der Waals surface area contributed by atoms with Crippen molar-refractivity contribution in [1.82, 2.24) is 14.1 Å². The zero-order valence-electron chi connectivity index (χ0n) is 10.8. The van der Waals surface area contributed by atoms with Gasteiger partial charge in [0.25, 0.3) is 10.0 Å². The Morgan fingerprint density at radius 1 is 1.56 bits per heavy atom. The molecule has 2 atom stereocenters. The van der Waals surface area contributed by atoms with Crippen molar-refractivity contribution in [3.8, 4) is 0 Å². The van der Waals surface area contributed by atoms with E-state index >= 15 is 0 Å². The maximum absolute atomic E-state index is 12.5. The minimum Gasteiger partial charge on any atom is -0.327 e. The summed E-state index contributed by atoms with van der Waals surface area (Å²) >= 11 is 0. The van der Waals surface area contributed by atoms with Gasteiger partial charge in [0.2, 0.25) is 0 Å². The summed E-state index contributed by atoms with van der Waals surface area (Å²) in [6.45, 7) is 3.04. The van der Waals surface area contributed by atoms with Gasteiger partial charge in [0.15, 0.2) is 5.03 Å². The molecule has 18 heavy (non-hydrogen) atoms. The summed E-state index contributed by atoms with van der Waals surface area (Å²) < 4.78 is 27.8. The molecule has 1 saturated heterocycles. The lowest BCUT2D eigenvalue weighted by Gasteiger charge is -2.35. The van der Waals surface area contributed by atoms with Crippen LogP contribution in [0.2, 0.25) is 0 Å². The molecule has 2 N–H and O–H groups in total. The maximum Gasteiger partial charge on any atom is 0.260 e. The first-order valence-corrected chi connectivity index (χ1v) is 7.64. The Labute approximate surface area is 108 Å². The van der Waals surface area contributed by atoms with Gasteiger partial charge in [-0.05, 0) is 18.4 Å². The number of aryl methyl sites for hydroxylation is 1. The lowest BCUT2D eigenvalue weighted by atomic mass is 9.92. The first-order chi connectivity index (χ1) is 8.46. The molecule has 0 spiro atoms. The van der Waals surface area contributed by atoms with E-state index in [0.29, 0.717) is 13.1 Å². The zero-order valence-corrected chi connectivity index (χ0v) is 11.6. The topological polar surface area (TPSA) is 81.2 Å². The van der Waals surface area contributed by atoms with Crippen LogP contribution in [0, 0.1) is 5.92 Å². The quantitative estimate of drug-likeness (QED) is 0.850. The summed E-state index contributed by atoms with van der Waals surface area (Å²) in [6.07, 6.45) is 3.12. The number of nitrogens with zero attached hydrogens (tertiary/aromatic N) is 3. The number of aromatic nitrogens is 2. The van der Waals surface area contributed by atoms with E-state index in [1.807, 2.05) is 6.92 Å². The molecule has 2 heterocycles. The highest BCUT2D eigenvalue weighted by Crippen LogP contribution is 2.24. The molecule has 0 aliphatic carbocycles. The number of piperidine rings is 1. The molecule has 1 fully saturated rings. The van der Waals surface area contributed by atoms with Gasteiger partial charge in [-0.25, -0.2) is 8.42 Å². The van der Waals surface area contributed by atoms with Crippen molar-refractivity contribution < 1.29 is 8.42 Å². The van der Waals surface area contributed by atoms with E-state index in [9.17, 15) is 8.42 Å². The Kier molecular flexibility index (Phi) is 3.74. The van der Waals surface area contributed by atoms with Crippen LogP contribution in [-0.2, 0) is 17.1 Å². The van der Waals surface area contributed by atoms with E-state index < -0.39 is 10.0 Å². The average Bonchev–Trinajstić information content (AvgIpc) is 2.76. The second kappa shape index (κ2) is 4.99. The molecule has 1 aromatic rings. The monoisotopic (exact) mass is 272 g/mol. The molecule has 1 aromatic heterocycles. The van der Waals surface area contributed by atoms with E-state index in [2.05, 4.69) is 5.10 Å². The van der Waals surface area contributed by atoms with Gasteiger partial charge in [-0.1, -0.05) is 13.3 Å². The Morgan fingerprint density at radius 2 is 2.28 bits per heavy atom. The van der Waals surface area contributed by atoms with Crippen molar-refractivity contribution in [3.05, 3.63) is 12.3 Å². The van der Waals surface area contributed by atoms with E-state index in [1.165, 1.54) is 21.3 Å². The van der Waals surface area contributed by atoms with Gasteiger partial charge in [-0.3, -0.25) is 4.68 Å². The van der Waals surface area contributed by atoms with Gasteiger partial charge >= 0.3 is 0 Å². The smallest absolute Gasteiger partial charge is 0.260 e. The molecular formula is C11H20N4O2S. The molecule has 0 radical (unpaired) electrons. The fourth-order valence-electron chi connectivity index (χ4n) is 2.41. The highest BCUT2D eigenvalue weighted by atomic mass is 32.2. The summed E-state index contributed by atoms with van der Waals surface area (Å²) in [6, 6.07) is 1.64. The molecule has 2 unspecified atom stereocenters. The van der Waals surface area contributed by atoms with Crippen molar-refractivity contribution in [2.75, 3.05) is 13.1 Å². The third-order valence-electron chi connectivity index (χ3n) is 3.66. The summed E-state index contributed by atoms with van der Waals surface area (Å²) in [5.74, 6) is 0.238. The molecule has 0 aromatic carbocycles. The Balaban J connectivity index is 2.24. The summed E-state index contributed by atoms with van der Waals surface area (Å²) in [4.78, 5) is 0. The molecule has 2 rings (SSSR count). The van der Waals surface area contributed by atoms with Crippen molar-refractivity contribution in [2.24, 2.45) is 18.7 Å². The van der Waals surface area contributed by atoms with Gasteiger partial charge in [-0.15, -0.1) is 0 Å². The second-order valence-electron chi connectivity index (χ2n) is 4.78. The number of sulfonamides is 1. The van der Waals surface area contributed by atoms with Crippen LogP contribution in [0.25, 0.3) is 0 Å². The second-order valence-corrected chi connectivity index (χ2v) is 6.66. The minimum absolute atomic E-state index is 0.105. The maximum atomic E-state index is 12.5. The average molecular weight is 272 g/mol. The molecule has 1 aliphatic rings. The fraction of sp³-hybridized carbons (Fsp3) is 0.727. The summed E-state index contributed by atoms with van der Waals surface area (Å²) in [7, 11) is -1.80. The van der Waals surface area contributed by atoms with Crippen LogP contribution in [-0.4, -0.2) is 41.6 Å². The number of nitrogens with two attached hydrogens (primary N) is 1. The third-order valence-corrected chi connectivity index (χ3v) is 5.60. The van der Waals surface area contributed by atoms with Crippen LogP contribution in [0.15, 0.2) is 17.3 Å². The van der Waals surface area contributed by atoms with Gasteiger partial charge in [0.1, 0.15) is 0 Å². The number of rotatable bonds is 3. The van der Waals surface area contributed by atoms with E-state index in [0.717, 1.165) is 12.8 Å². The van der Waals surface area contributed by atoms with Crippen molar-refractivity contribution in [3.63, 3.8) is 0 Å². The fourth-order valence-corrected chi connectivity index (χ4v) is 4.03. The highest BCUT2D eigenvalue weighted by molar-refractivity contribution is 7.89. The van der Waals surface area contributed by atoms with Gasteiger partial charge in [0.05, 0.1) is 6.20 Å². The van der Waals surface area contributed by atoms with Crippen LogP contribution < -0.4 is 5.73 Å². The van der Waals surface area contributed by atoms with Crippen LogP contribution in [0.5, 0.6) is 0 Å². The molecular weight excluding hydrogens is 252 g/mol. The zero-order chi connectivity index (χ0) is 13.3. The Morgan fingerprint density at radius 3 is 2.83 bits per heavy atom. The van der Waals surface area contributed by atoms with Crippen LogP contribution in [0.1, 0.15) is 19.8 Å². The van der Waals surface area contributed by atoms with Gasteiger partial charge in [0, 0.05) is 26.2 Å². The Bertz CT molecular complexity index is 511. The summed E-state index contributed by atoms with van der Waals surface area (Å²) in [5.41, 5.74) is 6.00. The first kappa shape index (κ1) is 13.5. The Hall–Kier alpha value is -0.920. The molecule has 0 bridgehead atoms. The van der Waals surface area contributed by atoms with Gasteiger partial charge in [-0.2, -0.15) is 9.40 Å². The molecule has 6 nitrogen and oxygen atoms in total. The molecule has 1 aliphatic heterocycles. The highest BCUT2D eigenvalue weighted by Gasteiger charge is 2.34.